The molecule has 1 atom stereocenters. The largest absolute Gasteiger partial charge is 0.463 e. The van der Waals surface area contributed by atoms with Crippen molar-refractivity contribution in [2.75, 3.05) is 6.54 Å². The highest BCUT2D eigenvalue weighted by atomic mass is 16.3. The summed E-state index contributed by atoms with van der Waals surface area (Å²) in [5.74, 6) is 3.19. The van der Waals surface area contributed by atoms with Gasteiger partial charge in [0.15, 0.2) is 0 Å². The minimum absolute atomic E-state index is 0.262. The minimum Gasteiger partial charge on any atom is -0.463 e. The van der Waals surface area contributed by atoms with E-state index in [9.17, 15) is 4.79 Å². The number of nitrogens with zero attached hydrogens (tertiary/aromatic N) is 1. The number of hydrogen-bond acceptors (Lipinski definition) is 3. The molecule has 1 saturated heterocycles. The van der Waals surface area contributed by atoms with E-state index in [4.69, 9.17) is 4.42 Å². The summed E-state index contributed by atoms with van der Waals surface area (Å²) in [5.41, 5.74) is 0. The van der Waals surface area contributed by atoms with Crippen molar-refractivity contribution in [2.24, 2.45) is 11.8 Å². The Hall–Kier alpha value is -1.29. The molecule has 4 nitrogen and oxygen atoms in total. The second-order valence-corrected chi connectivity index (χ2v) is 6.51. The Morgan fingerprint density at radius 1 is 1.35 bits per heavy atom. The maximum Gasteiger partial charge on any atom is 0.223 e. The molecule has 4 heteroatoms. The Labute approximate surface area is 120 Å². The van der Waals surface area contributed by atoms with Crippen LogP contribution in [0.15, 0.2) is 16.5 Å². The number of carbonyl (C=O) groups excluding carboxylic acids is 1. The van der Waals surface area contributed by atoms with Gasteiger partial charge in [-0.3, -0.25) is 4.79 Å². The molecule has 3 rings (SSSR count). The van der Waals surface area contributed by atoms with E-state index in [1.54, 1.807) is 0 Å². The second-order valence-electron chi connectivity index (χ2n) is 6.51. The highest BCUT2D eigenvalue weighted by Crippen LogP contribution is 2.26. The second kappa shape index (κ2) is 5.60. The van der Waals surface area contributed by atoms with Crippen molar-refractivity contribution in [3.8, 4) is 0 Å². The smallest absolute Gasteiger partial charge is 0.223 e. The summed E-state index contributed by atoms with van der Waals surface area (Å²) in [6.07, 6.45) is 3.26. The molecule has 0 spiro atoms. The van der Waals surface area contributed by atoms with Gasteiger partial charge >= 0.3 is 0 Å². The Balaban J connectivity index is 1.53. The minimum atomic E-state index is 0.262. The molecule has 0 radical (unpaired) electrons. The normalized spacial score (nSPS) is 23.1. The van der Waals surface area contributed by atoms with Crippen LogP contribution in [0.2, 0.25) is 0 Å². The fourth-order valence-corrected chi connectivity index (χ4v) is 2.72. The molecule has 0 aromatic carbocycles. The number of nitrogens with one attached hydrogen (secondary N) is 1. The van der Waals surface area contributed by atoms with E-state index in [-0.39, 0.29) is 5.91 Å². The van der Waals surface area contributed by atoms with Crippen molar-refractivity contribution in [1.29, 1.82) is 0 Å². The summed E-state index contributed by atoms with van der Waals surface area (Å²) in [4.78, 5) is 13.9. The van der Waals surface area contributed by atoms with E-state index >= 15 is 0 Å². The van der Waals surface area contributed by atoms with E-state index in [0.29, 0.717) is 30.8 Å². The molecule has 110 valence electrons. The van der Waals surface area contributed by atoms with Gasteiger partial charge in [-0.25, -0.2) is 0 Å². The third-order valence-electron chi connectivity index (χ3n) is 4.39. The molecule has 0 bridgehead atoms. The summed E-state index contributed by atoms with van der Waals surface area (Å²) >= 11 is 0. The number of likely N-dealkylation sites (tertiary alicyclic amines) is 1. The van der Waals surface area contributed by atoms with Gasteiger partial charge in [-0.2, -0.15) is 0 Å². The first-order valence-electron chi connectivity index (χ1n) is 7.70. The molecule has 2 aliphatic rings. The number of carbonyl (C=O) groups is 1. The molecular weight excluding hydrogens is 252 g/mol. The maximum absolute atomic E-state index is 12.0. The van der Waals surface area contributed by atoms with Crippen molar-refractivity contribution >= 4 is 5.91 Å². The molecule has 1 aliphatic heterocycles. The van der Waals surface area contributed by atoms with Crippen molar-refractivity contribution in [1.82, 2.24) is 10.2 Å². The lowest BCUT2D eigenvalue weighted by Crippen LogP contribution is -2.24. The van der Waals surface area contributed by atoms with Crippen molar-refractivity contribution in [3.05, 3.63) is 23.7 Å². The van der Waals surface area contributed by atoms with Crippen LogP contribution in [0, 0.1) is 11.8 Å². The van der Waals surface area contributed by atoms with Gasteiger partial charge < -0.3 is 14.6 Å². The van der Waals surface area contributed by atoms with Gasteiger partial charge in [0.1, 0.15) is 11.5 Å². The monoisotopic (exact) mass is 276 g/mol. The van der Waals surface area contributed by atoms with Crippen LogP contribution < -0.4 is 5.32 Å². The molecule has 1 unspecified atom stereocenters. The molecule has 1 aromatic rings. The Morgan fingerprint density at radius 2 is 2.10 bits per heavy atom. The zero-order chi connectivity index (χ0) is 14.1. The first-order valence-corrected chi connectivity index (χ1v) is 7.70. The third-order valence-corrected chi connectivity index (χ3v) is 4.39. The Bertz CT molecular complexity index is 477. The summed E-state index contributed by atoms with van der Waals surface area (Å²) in [6.45, 7) is 6.66. The van der Waals surface area contributed by atoms with Crippen LogP contribution in [0.1, 0.15) is 44.6 Å². The summed E-state index contributed by atoms with van der Waals surface area (Å²) in [5, 5.41) is 3.44. The van der Waals surface area contributed by atoms with Gasteiger partial charge in [-0.15, -0.1) is 0 Å². The van der Waals surface area contributed by atoms with Crippen LogP contribution in [0.5, 0.6) is 0 Å². The molecule has 2 heterocycles. The van der Waals surface area contributed by atoms with E-state index in [1.165, 1.54) is 12.8 Å². The fourth-order valence-electron chi connectivity index (χ4n) is 2.72. The summed E-state index contributed by atoms with van der Waals surface area (Å²) in [6, 6.07) is 4.71. The lowest BCUT2D eigenvalue weighted by molar-refractivity contribution is -0.128. The van der Waals surface area contributed by atoms with Crippen LogP contribution in [0.4, 0.5) is 0 Å². The van der Waals surface area contributed by atoms with Crippen molar-refractivity contribution < 1.29 is 9.21 Å². The van der Waals surface area contributed by atoms with Crippen LogP contribution in [-0.2, 0) is 17.9 Å². The topological polar surface area (TPSA) is 45.5 Å². The number of amides is 1. The molecule has 2 fully saturated rings. The summed E-state index contributed by atoms with van der Waals surface area (Å²) < 4.78 is 5.81. The SMILES string of the molecule is CC(C)C1CC(=O)N(Cc2ccc(CNC3CC3)o2)C1. The van der Waals surface area contributed by atoms with Gasteiger partial charge in [0.25, 0.3) is 0 Å². The molecule has 1 amide bonds. The molecule has 1 aromatic heterocycles. The van der Waals surface area contributed by atoms with Crippen LogP contribution in [0.25, 0.3) is 0 Å². The highest BCUT2D eigenvalue weighted by molar-refractivity contribution is 5.78. The first-order chi connectivity index (χ1) is 9.61. The zero-order valence-corrected chi connectivity index (χ0v) is 12.4. The predicted molar refractivity (Wildman–Crippen MR) is 76.9 cm³/mol. The van der Waals surface area contributed by atoms with Gasteiger partial charge in [-0.05, 0) is 36.8 Å². The maximum atomic E-state index is 12.0. The number of rotatable bonds is 6. The molecule has 20 heavy (non-hydrogen) atoms. The number of hydrogen-bond donors (Lipinski definition) is 1. The Kier molecular flexibility index (Phi) is 3.83. The van der Waals surface area contributed by atoms with Gasteiger partial charge in [-0.1, -0.05) is 13.8 Å². The average Bonchev–Trinajstić information content (AvgIpc) is 3.02. The predicted octanol–water partition coefficient (Wildman–Crippen LogP) is 2.54. The zero-order valence-electron chi connectivity index (χ0n) is 12.4. The van der Waals surface area contributed by atoms with Gasteiger partial charge in [0.05, 0.1) is 13.1 Å². The average molecular weight is 276 g/mol. The molecule has 1 saturated carbocycles. The molecule has 1 aliphatic carbocycles. The lowest BCUT2D eigenvalue weighted by atomic mass is 9.95. The van der Waals surface area contributed by atoms with Crippen LogP contribution in [-0.4, -0.2) is 23.4 Å². The molecular formula is C16H24N2O2. The van der Waals surface area contributed by atoms with Crippen LogP contribution in [0.3, 0.4) is 0 Å². The van der Waals surface area contributed by atoms with E-state index in [0.717, 1.165) is 24.6 Å². The van der Waals surface area contributed by atoms with E-state index in [1.807, 2.05) is 17.0 Å². The first kappa shape index (κ1) is 13.7. The number of furan rings is 1. The van der Waals surface area contributed by atoms with Gasteiger partial charge in [0, 0.05) is 19.0 Å². The quantitative estimate of drug-likeness (QED) is 0.868. The van der Waals surface area contributed by atoms with Crippen molar-refractivity contribution in [2.45, 2.75) is 52.2 Å². The van der Waals surface area contributed by atoms with Crippen LogP contribution >= 0.6 is 0 Å². The molecule has 1 N–H and O–H groups in total. The highest BCUT2D eigenvalue weighted by Gasteiger charge is 2.31. The third kappa shape index (κ3) is 3.23. The van der Waals surface area contributed by atoms with E-state index < -0.39 is 0 Å². The summed E-state index contributed by atoms with van der Waals surface area (Å²) in [7, 11) is 0. The fraction of sp³-hybridized carbons (Fsp3) is 0.688. The Morgan fingerprint density at radius 3 is 2.75 bits per heavy atom. The lowest BCUT2D eigenvalue weighted by Gasteiger charge is -2.16. The van der Waals surface area contributed by atoms with Gasteiger partial charge in [0.2, 0.25) is 5.91 Å². The standard InChI is InChI=1S/C16H24N2O2/c1-11(2)12-7-16(19)18(9-12)10-15-6-5-14(20-15)8-17-13-3-4-13/h5-6,11-13,17H,3-4,7-10H2,1-2H3. The van der Waals surface area contributed by atoms with E-state index in [2.05, 4.69) is 19.2 Å². The van der Waals surface area contributed by atoms with Crippen molar-refractivity contribution in [3.63, 3.8) is 0 Å².